The molecule has 10 N–H and O–H groups in total. The first kappa shape index (κ1) is 49.0. The normalized spacial score (nSPS) is 56.8. The van der Waals surface area contributed by atoms with Gasteiger partial charge in [-0.2, -0.15) is 0 Å². The lowest BCUT2D eigenvalue weighted by Gasteiger charge is -2.70. The monoisotopic (exact) mass is 929 g/mol. The van der Waals surface area contributed by atoms with Crippen LogP contribution in [0.4, 0.5) is 0 Å². The van der Waals surface area contributed by atoms with E-state index in [1.54, 1.807) is 0 Å². The van der Waals surface area contributed by atoms with E-state index in [2.05, 4.69) is 47.6 Å². The summed E-state index contributed by atoms with van der Waals surface area (Å²) < 4.78 is 50.7. The maximum absolute atomic E-state index is 12.2. The molecule has 5 saturated heterocycles. The molecule has 0 radical (unpaired) electrons. The molecule has 0 aromatic heterocycles. The molecule has 24 atom stereocenters. The maximum atomic E-state index is 12.2. The van der Waals surface area contributed by atoms with Crippen LogP contribution in [0.3, 0.4) is 0 Å². The largest absolute Gasteiger partial charge is 0.394 e. The summed E-state index contributed by atoms with van der Waals surface area (Å²) in [5.74, 6) is -2.97. The summed E-state index contributed by atoms with van der Waals surface area (Å²) in [6, 6.07) is 0. The fraction of sp³-hybridized carbons (Fsp3) is 0.957. The Morgan fingerprint density at radius 1 is 0.754 bits per heavy atom. The predicted octanol–water partition coefficient (Wildman–Crippen LogP) is 0.314. The van der Waals surface area contributed by atoms with Crippen LogP contribution in [0.25, 0.3) is 0 Å². The quantitative estimate of drug-likeness (QED) is 0.0892. The maximum Gasteiger partial charge on any atom is 0.219 e. The molecule has 9 aliphatic rings. The highest BCUT2D eigenvalue weighted by molar-refractivity contribution is 5.26. The van der Waals surface area contributed by atoms with E-state index < -0.39 is 115 Å². The molecule has 9 rings (SSSR count). The first-order valence-corrected chi connectivity index (χ1v) is 24.0. The summed E-state index contributed by atoms with van der Waals surface area (Å²) in [4.78, 5) is 0. The molecule has 372 valence electrons. The van der Waals surface area contributed by atoms with Crippen LogP contribution in [-0.4, -0.2) is 180 Å². The molecule has 4 aliphatic carbocycles. The lowest BCUT2D eigenvalue weighted by atomic mass is 9.35. The Morgan fingerprint density at radius 3 is 2.14 bits per heavy atom. The van der Waals surface area contributed by atoms with Crippen molar-refractivity contribution in [1.82, 2.24) is 0 Å². The van der Waals surface area contributed by atoms with E-state index in [0.717, 1.165) is 44.1 Å². The van der Waals surface area contributed by atoms with Gasteiger partial charge in [0.25, 0.3) is 0 Å². The number of ether oxygens (including phenoxy) is 8. The van der Waals surface area contributed by atoms with Crippen molar-refractivity contribution in [2.24, 2.45) is 45.3 Å². The lowest BCUT2D eigenvalue weighted by molar-refractivity contribution is -0.413. The van der Waals surface area contributed by atoms with Crippen LogP contribution < -0.4 is 0 Å². The minimum absolute atomic E-state index is 0.0863. The molecule has 0 aromatic carbocycles. The van der Waals surface area contributed by atoms with Crippen molar-refractivity contribution >= 4 is 0 Å². The summed E-state index contributed by atoms with van der Waals surface area (Å²) in [6.45, 7) is 16.3. The van der Waals surface area contributed by atoms with Crippen LogP contribution in [0.15, 0.2) is 11.6 Å². The van der Waals surface area contributed by atoms with Crippen LogP contribution in [-0.2, 0) is 37.9 Å². The van der Waals surface area contributed by atoms with Crippen molar-refractivity contribution in [1.29, 1.82) is 0 Å². The van der Waals surface area contributed by atoms with Crippen molar-refractivity contribution in [3.8, 4) is 0 Å². The number of hydrogen-bond donors (Lipinski definition) is 10. The first-order valence-electron chi connectivity index (χ1n) is 24.0. The van der Waals surface area contributed by atoms with Gasteiger partial charge in [0.05, 0.1) is 37.6 Å². The third kappa shape index (κ3) is 7.32. The number of aliphatic hydroxyl groups is 10. The molecule has 65 heavy (non-hydrogen) atoms. The fourth-order valence-electron chi connectivity index (χ4n) is 15.8. The third-order valence-electron chi connectivity index (χ3n) is 18.9. The van der Waals surface area contributed by atoms with Gasteiger partial charge in [-0.25, -0.2) is 0 Å². The number of hydrogen-bond acceptors (Lipinski definition) is 18. The van der Waals surface area contributed by atoms with Gasteiger partial charge in [-0.3, -0.25) is 0 Å². The van der Waals surface area contributed by atoms with Crippen molar-refractivity contribution in [2.75, 3.05) is 19.8 Å². The summed E-state index contributed by atoms with van der Waals surface area (Å²) in [5.41, 5.74) is -0.597. The zero-order valence-electron chi connectivity index (χ0n) is 39.1. The average Bonchev–Trinajstić information content (AvgIpc) is 3.75. The zero-order valence-corrected chi connectivity index (χ0v) is 39.1. The van der Waals surface area contributed by atoms with Crippen LogP contribution in [0.2, 0.25) is 0 Å². The van der Waals surface area contributed by atoms with Gasteiger partial charge in [-0.15, -0.1) is 0 Å². The minimum atomic E-state index is -2.83. The van der Waals surface area contributed by atoms with E-state index in [4.69, 9.17) is 37.9 Å². The van der Waals surface area contributed by atoms with Gasteiger partial charge in [-0.05, 0) is 100 Å². The Morgan fingerprint density at radius 2 is 1.45 bits per heavy atom. The smallest absolute Gasteiger partial charge is 0.219 e. The molecule has 18 heteroatoms. The number of rotatable bonds is 8. The molecule has 2 bridgehead atoms. The van der Waals surface area contributed by atoms with E-state index in [-0.39, 0.29) is 46.7 Å². The van der Waals surface area contributed by atoms with Crippen LogP contribution in [0, 0.1) is 45.3 Å². The van der Waals surface area contributed by atoms with Crippen LogP contribution in [0.5, 0.6) is 0 Å². The Labute approximate surface area is 381 Å². The standard InChI is InChI=1S/C47H76O18/c1-21(2)15-23-16-44(8,55)36-24-9-10-28-42(6)13-12-29(41(4,5)27(42)11-14-43(28,7)45(24)19-46(36,65-23)59-20-45)62-40-35(64-39-33(53)37(54)47(56,57)22(3)60-39)34(25(49)18-58-40)63-38-32(52)31(51)30(50)26(17-48)61-38/h15,22-40,48-57H,9-14,16-20H2,1-8H3. The van der Waals surface area contributed by atoms with Crippen molar-refractivity contribution in [3.63, 3.8) is 0 Å². The van der Waals surface area contributed by atoms with Crippen LogP contribution >= 0.6 is 0 Å². The molecular weight excluding hydrogens is 852 g/mol. The molecule has 0 aromatic rings. The van der Waals surface area contributed by atoms with Gasteiger partial charge in [-0.1, -0.05) is 39.3 Å². The highest BCUT2D eigenvalue weighted by Gasteiger charge is 2.81. The molecular formula is C47H76O18. The van der Waals surface area contributed by atoms with Crippen molar-refractivity contribution in [3.05, 3.63) is 11.6 Å². The van der Waals surface area contributed by atoms with Gasteiger partial charge in [0.1, 0.15) is 61.0 Å². The summed E-state index contributed by atoms with van der Waals surface area (Å²) in [7, 11) is 0. The molecule has 5 aliphatic heterocycles. The van der Waals surface area contributed by atoms with Crippen molar-refractivity contribution < 1.29 is 89.0 Å². The summed E-state index contributed by atoms with van der Waals surface area (Å²) in [6.07, 6.45) is -13.3. The molecule has 24 unspecified atom stereocenters. The molecule has 4 saturated carbocycles. The zero-order chi connectivity index (χ0) is 47.2. The van der Waals surface area contributed by atoms with E-state index in [1.165, 1.54) is 6.92 Å². The Hall–Kier alpha value is -0.980. The lowest BCUT2D eigenvalue weighted by Crippen LogP contribution is -2.69. The highest BCUT2D eigenvalue weighted by atomic mass is 16.8. The summed E-state index contributed by atoms with van der Waals surface area (Å²) >= 11 is 0. The third-order valence-corrected chi connectivity index (χ3v) is 18.9. The van der Waals surface area contributed by atoms with Crippen molar-refractivity contribution in [2.45, 2.75) is 216 Å². The highest BCUT2D eigenvalue weighted by Crippen LogP contribution is 2.80. The topological polar surface area (TPSA) is 276 Å². The van der Waals surface area contributed by atoms with E-state index in [1.807, 2.05) is 6.92 Å². The van der Waals surface area contributed by atoms with Gasteiger partial charge in [0.2, 0.25) is 5.79 Å². The minimum Gasteiger partial charge on any atom is -0.394 e. The van der Waals surface area contributed by atoms with E-state index in [9.17, 15) is 51.1 Å². The van der Waals surface area contributed by atoms with Gasteiger partial charge >= 0.3 is 0 Å². The van der Waals surface area contributed by atoms with E-state index >= 15 is 0 Å². The van der Waals surface area contributed by atoms with Gasteiger partial charge in [0, 0.05) is 24.2 Å². The number of fused-ring (bicyclic) bond motifs is 4. The SMILES string of the molecule is CC(C)=CC1CC(C)(O)C2C3CCC4C5(C)CCC(OC6OCC(O)C(OC7OC(CO)C(O)C(O)C7O)C6OC6OC(C)C(O)(O)C(O)C6O)C(C)(C)C5CCC4(C)C34COC2(C4)O1. The second-order valence-electron chi connectivity index (χ2n) is 23.1. The molecule has 2 spiro atoms. The van der Waals surface area contributed by atoms with Crippen LogP contribution in [0.1, 0.15) is 107 Å². The molecule has 0 amide bonds. The Bertz CT molecular complexity index is 1790. The average molecular weight is 929 g/mol. The molecule has 5 heterocycles. The summed E-state index contributed by atoms with van der Waals surface area (Å²) in [5, 5.41) is 108. The predicted molar refractivity (Wildman–Crippen MR) is 225 cm³/mol. The Kier molecular flexibility index (Phi) is 12.5. The van der Waals surface area contributed by atoms with E-state index in [0.29, 0.717) is 25.4 Å². The van der Waals surface area contributed by atoms with Gasteiger partial charge in [0.15, 0.2) is 24.7 Å². The molecule has 9 fully saturated rings. The Balaban J connectivity index is 0.978. The van der Waals surface area contributed by atoms with Gasteiger partial charge < -0.3 is 89.0 Å². The number of allylic oxidation sites excluding steroid dienone is 1. The second kappa shape index (κ2) is 16.6. The first-order chi connectivity index (χ1) is 30.3. The number of aliphatic hydroxyl groups excluding tert-OH is 7. The fourth-order valence-corrected chi connectivity index (χ4v) is 15.8. The second-order valence-corrected chi connectivity index (χ2v) is 23.1. The molecule has 18 nitrogen and oxygen atoms in total.